The molecule has 1 aromatic heterocycles. The molecule has 0 atom stereocenters. The molecule has 3 aromatic carbocycles. The number of anilines is 1. The minimum atomic E-state index is -0.143. The average Bonchev–Trinajstić information content (AvgIpc) is 3.37. The Kier molecular flexibility index (Phi) is 6.77. The minimum absolute atomic E-state index is 0.0573. The molecule has 7 heteroatoms. The van der Waals surface area contributed by atoms with E-state index in [1.807, 2.05) is 71.6 Å². The van der Waals surface area contributed by atoms with Crippen LogP contribution in [-0.2, 0) is 11.4 Å². The molecular weight excluding hydrogens is 442 g/mol. The van der Waals surface area contributed by atoms with Crippen LogP contribution < -0.4 is 10.1 Å². The van der Waals surface area contributed by atoms with Crippen molar-refractivity contribution in [2.75, 3.05) is 38.0 Å². The van der Waals surface area contributed by atoms with E-state index in [9.17, 15) is 9.59 Å². The lowest BCUT2D eigenvalue weighted by atomic mass is 10.1. The molecule has 5 rings (SSSR count). The Balaban J connectivity index is 1.10. The second-order valence-corrected chi connectivity index (χ2v) is 8.55. The monoisotopic (exact) mass is 469 g/mol. The standard InChI is InChI=1S/C28H27N3O4/c32-27(29-23-8-2-1-3-9-23)19-30-14-16-31(17-15-30)28(33)26-13-12-25(35-26)20-34-24-11-10-21-6-4-5-7-22(21)18-24/h1-13,18H,14-17,19-20H2,(H,29,32). The molecule has 1 aliphatic rings. The summed E-state index contributed by atoms with van der Waals surface area (Å²) in [6, 6.07) is 26.9. The van der Waals surface area contributed by atoms with Crippen molar-refractivity contribution in [1.29, 1.82) is 0 Å². The maximum Gasteiger partial charge on any atom is 0.289 e. The number of hydrogen-bond acceptors (Lipinski definition) is 5. The molecule has 0 spiro atoms. The van der Waals surface area contributed by atoms with Gasteiger partial charge in [-0.05, 0) is 47.2 Å². The van der Waals surface area contributed by atoms with Gasteiger partial charge in [0.1, 0.15) is 18.1 Å². The molecule has 1 saturated heterocycles. The Morgan fingerprint density at radius 2 is 1.57 bits per heavy atom. The fourth-order valence-corrected chi connectivity index (χ4v) is 4.17. The Bertz CT molecular complexity index is 1310. The van der Waals surface area contributed by atoms with Crippen LogP contribution in [0.25, 0.3) is 10.8 Å². The van der Waals surface area contributed by atoms with Gasteiger partial charge in [0.25, 0.3) is 5.91 Å². The second-order valence-electron chi connectivity index (χ2n) is 8.55. The number of carbonyl (C=O) groups excluding carboxylic acids is 2. The maximum absolute atomic E-state index is 12.9. The molecule has 2 heterocycles. The lowest BCUT2D eigenvalue weighted by Crippen LogP contribution is -2.50. The summed E-state index contributed by atoms with van der Waals surface area (Å²) in [5, 5.41) is 5.16. The van der Waals surface area contributed by atoms with Crippen molar-refractivity contribution < 1.29 is 18.7 Å². The van der Waals surface area contributed by atoms with Gasteiger partial charge in [-0.15, -0.1) is 0 Å². The summed E-state index contributed by atoms with van der Waals surface area (Å²) >= 11 is 0. The van der Waals surface area contributed by atoms with Crippen molar-refractivity contribution in [3.63, 3.8) is 0 Å². The second kappa shape index (κ2) is 10.4. The van der Waals surface area contributed by atoms with E-state index in [0.717, 1.165) is 22.2 Å². The minimum Gasteiger partial charge on any atom is -0.486 e. The number of nitrogens with zero attached hydrogens (tertiary/aromatic N) is 2. The van der Waals surface area contributed by atoms with Gasteiger partial charge in [0.2, 0.25) is 5.91 Å². The first-order valence-electron chi connectivity index (χ1n) is 11.7. The summed E-state index contributed by atoms with van der Waals surface area (Å²) in [5.41, 5.74) is 0.782. The number of piperazine rings is 1. The van der Waals surface area contributed by atoms with E-state index in [-0.39, 0.29) is 18.4 Å². The van der Waals surface area contributed by atoms with Crippen molar-refractivity contribution >= 4 is 28.3 Å². The zero-order valence-corrected chi connectivity index (χ0v) is 19.4. The number of nitrogens with one attached hydrogen (secondary N) is 1. The summed E-state index contributed by atoms with van der Waals surface area (Å²) in [7, 11) is 0. The number of ether oxygens (including phenoxy) is 1. The number of amides is 2. The lowest BCUT2D eigenvalue weighted by molar-refractivity contribution is -0.117. The van der Waals surface area contributed by atoms with E-state index < -0.39 is 0 Å². The van der Waals surface area contributed by atoms with Crippen LogP contribution in [0.3, 0.4) is 0 Å². The average molecular weight is 470 g/mol. The van der Waals surface area contributed by atoms with Crippen LogP contribution in [0.4, 0.5) is 5.69 Å². The van der Waals surface area contributed by atoms with E-state index >= 15 is 0 Å². The van der Waals surface area contributed by atoms with E-state index in [1.165, 1.54) is 0 Å². The first-order chi connectivity index (χ1) is 17.1. The number of rotatable bonds is 7. The summed E-state index contributed by atoms with van der Waals surface area (Å²) < 4.78 is 11.6. The highest BCUT2D eigenvalue weighted by Crippen LogP contribution is 2.22. The molecule has 0 bridgehead atoms. The highest BCUT2D eigenvalue weighted by molar-refractivity contribution is 5.93. The number of furan rings is 1. The summed E-state index contributed by atoms with van der Waals surface area (Å²) in [4.78, 5) is 29.0. The fourth-order valence-electron chi connectivity index (χ4n) is 4.17. The van der Waals surface area contributed by atoms with Crippen molar-refractivity contribution in [3.8, 4) is 5.75 Å². The van der Waals surface area contributed by atoms with Gasteiger partial charge in [0, 0.05) is 31.9 Å². The van der Waals surface area contributed by atoms with E-state index in [0.29, 0.717) is 44.2 Å². The van der Waals surface area contributed by atoms with Crippen LogP contribution >= 0.6 is 0 Å². The highest BCUT2D eigenvalue weighted by Gasteiger charge is 2.25. The van der Waals surface area contributed by atoms with Gasteiger partial charge in [0.15, 0.2) is 5.76 Å². The number of para-hydroxylation sites is 1. The third kappa shape index (κ3) is 5.70. The summed E-state index contributed by atoms with van der Waals surface area (Å²) in [6.07, 6.45) is 0. The third-order valence-electron chi connectivity index (χ3n) is 6.06. The molecule has 7 nitrogen and oxygen atoms in total. The van der Waals surface area contributed by atoms with Gasteiger partial charge in [-0.3, -0.25) is 14.5 Å². The molecule has 1 fully saturated rings. The van der Waals surface area contributed by atoms with E-state index in [1.54, 1.807) is 17.0 Å². The molecule has 0 unspecified atom stereocenters. The topological polar surface area (TPSA) is 75.0 Å². The van der Waals surface area contributed by atoms with Gasteiger partial charge in [-0.1, -0.05) is 48.5 Å². The predicted octanol–water partition coefficient (Wildman–Crippen LogP) is 4.41. The molecule has 1 aliphatic heterocycles. The number of benzene rings is 3. The zero-order valence-electron chi connectivity index (χ0n) is 19.4. The Hall–Kier alpha value is -4.10. The van der Waals surface area contributed by atoms with Gasteiger partial charge >= 0.3 is 0 Å². The first-order valence-corrected chi connectivity index (χ1v) is 11.7. The maximum atomic E-state index is 12.9. The summed E-state index contributed by atoms with van der Waals surface area (Å²) in [5.74, 6) is 1.45. The lowest BCUT2D eigenvalue weighted by Gasteiger charge is -2.33. The Labute approximate surface area is 203 Å². The van der Waals surface area contributed by atoms with Crippen LogP contribution in [0.2, 0.25) is 0 Å². The Morgan fingerprint density at radius 1 is 0.829 bits per heavy atom. The fraction of sp³-hybridized carbons (Fsp3) is 0.214. The number of carbonyl (C=O) groups is 2. The Morgan fingerprint density at radius 3 is 2.37 bits per heavy atom. The molecule has 0 aliphatic carbocycles. The molecular formula is C28H27N3O4. The van der Waals surface area contributed by atoms with Crippen LogP contribution in [0, 0.1) is 0 Å². The molecule has 0 radical (unpaired) electrons. The van der Waals surface area contributed by atoms with Crippen molar-refractivity contribution in [2.45, 2.75) is 6.61 Å². The third-order valence-corrected chi connectivity index (χ3v) is 6.06. The van der Waals surface area contributed by atoms with Gasteiger partial charge in [0.05, 0.1) is 6.54 Å². The molecule has 178 valence electrons. The number of fused-ring (bicyclic) bond motifs is 1. The van der Waals surface area contributed by atoms with Crippen LogP contribution in [0.15, 0.2) is 89.3 Å². The van der Waals surface area contributed by atoms with Crippen molar-refractivity contribution in [1.82, 2.24) is 9.80 Å². The largest absolute Gasteiger partial charge is 0.486 e. The van der Waals surface area contributed by atoms with E-state index in [4.69, 9.17) is 9.15 Å². The van der Waals surface area contributed by atoms with Gasteiger partial charge < -0.3 is 19.4 Å². The quantitative estimate of drug-likeness (QED) is 0.434. The zero-order chi connectivity index (χ0) is 24.0. The molecule has 0 saturated carbocycles. The molecule has 1 N–H and O–H groups in total. The first kappa shape index (κ1) is 22.7. The smallest absolute Gasteiger partial charge is 0.289 e. The van der Waals surface area contributed by atoms with Crippen LogP contribution in [-0.4, -0.2) is 54.3 Å². The number of hydrogen-bond donors (Lipinski definition) is 1. The van der Waals surface area contributed by atoms with Crippen LogP contribution in [0.1, 0.15) is 16.3 Å². The SMILES string of the molecule is O=C(CN1CCN(C(=O)c2ccc(COc3ccc4ccccc4c3)o2)CC1)Nc1ccccc1. The molecule has 4 aromatic rings. The molecule has 35 heavy (non-hydrogen) atoms. The van der Waals surface area contributed by atoms with Crippen LogP contribution in [0.5, 0.6) is 5.75 Å². The van der Waals surface area contributed by atoms with E-state index in [2.05, 4.69) is 11.4 Å². The van der Waals surface area contributed by atoms with Crippen molar-refractivity contribution in [2.24, 2.45) is 0 Å². The van der Waals surface area contributed by atoms with Gasteiger partial charge in [-0.25, -0.2) is 0 Å². The van der Waals surface area contributed by atoms with Crippen molar-refractivity contribution in [3.05, 3.63) is 96.4 Å². The predicted molar refractivity (Wildman–Crippen MR) is 134 cm³/mol. The normalized spacial score (nSPS) is 14.1. The molecule has 2 amide bonds. The van der Waals surface area contributed by atoms with Gasteiger partial charge in [-0.2, -0.15) is 0 Å². The summed E-state index contributed by atoms with van der Waals surface area (Å²) in [6.45, 7) is 2.89. The highest BCUT2D eigenvalue weighted by atomic mass is 16.5.